The van der Waals surface area contributed by atoms with E-state index >= 15 is 0 Å². The van der Waals surface area contributed by atoms with Gasteiger partial charge in [0.15, 0.2) is 0 Å². The van der Waals surface area contributed by atoms with E-state index < -0.39 is 0 Å². The second kappa shape index (κ2) is 7.71. The second-order valence-electron chi connectivity index (χ2n) is 3.88. The first-order valence-electron chi connectivity index (χ1n) is 5.56. The fraction of sp³-hybridized carbons (Fsp3) is 0.538. The average molecular weight is 240 g/mol. The molecule has 0 saturated heterocycles. The number of benzene rings is 1. The summed E-state index contributed by atoms with van der Waals surface area (Å²) < 4.78 is 5.20. The number of aliphatic hydroxyl groups excluding tert-OH is 1. The van der Waals surface area contributed by atoms with E-state index in [2.05, 4.69) is 32.0 Å². The van der Waals surface area contributed by atoms with Crippen molar-refractivity contribution in [2.24, 2.45) is 0 Å². The topological polar surface area (TPSA) is 29.5 Å². The van der Waals surface area contributed by atoms with Crippen LogP contribution in [-0.4, -0.2) is 30.7 Å². The maximum absolute atomic E-state index is 8.53. The highest BCUT2D eigenvalue weighted by Gasteiger charge is 1.96. The molecule has 2 nitrogen and oxygen atoms in total. The molecule has 1 N–H and O–H groups in total. The Kier molecular flexibility index (Phi) is 6.53. The Hall–Kier alpha value is -0.510. The molecule has 0 spiro atoms. The van der Waals surface area contributed by atoms with Crippen molar-refractivity contribution in [3.8, 4) is 0 Å². The highest BCUT2D eigenvalue weighted by molar-refractivity contribution is 7.98. The van der Waals surface area contributed by atoms with E-state index in [4.69, 9.17) is 9.84 Å². The van der Waals surface area contributed by atoms with Crippen molar-refractivity contribution in [3.63, 3.8) is 0 Å². The van der Waals surface area contributed by atoms with Gasteiger partial charge in [0.2, 0.25) is 0 Å². The number of aryl methyl sites for hydroxylation is 2. The quantitative estimate of drug-likeness (QED) is 0.743. The van der Waals surface area contributed by atoms with Crippen molar-refractivity contribution in [3.05, 3.63) is 34.9 Å². The molecule has 0 heterocycles. The minimum atomic E-state index is 0.113. The van der Waals surface area contributed by atoms with Crippen LogP contribution in [-0.2, 0) is 10.5 Å². The molecule has 3 heteroatoms. The van der Waals surface area contributed by atoms with Gasteiger partial charge < -0.3 is 9.84 Å². The van der Waals surface area contributed by atoms with Crippen LogP contribution < -0.4 is 0 Å². The third-order valence-corrected chi connectivity index (χ3v) is 3.15. The summed E-state index contributed by atoms with van der Waals surface area (Å²) >= 11 is 1.87. The molecular formula is C13H20O2S. The van der Waals surface area contributed by atoms with Gasteiger partial charge in [-0.2, -0.15) is 11.8 Å². The maximum atomic E-state index is 8.53. The Bertz CT molecular complexity index is 293. The van der Waals surface area contributed by atoms with Crippen molar-refractivity contribution >= 4 is 11.8 Å². The molecule has 1 aromatic rings. The zero-order valence-corrected chi connectivity index (χ0v) is 10.8. The zero-order chi connectivity index (χ0) is 11.8. The molecule has 0 radical (unpaired) electrons. The Morgan fingerprint density at radius 3 is 2.44 bits per heavy atom. The SMILES string of the molecule is Cc1cc(C)cc(CSCCOCCO)c1. The summed E-state index contributed by atoms with van der Waals surface area (Å²) in [6.07, 6.45) is 0. The number of thioether (sulfide) groups is 1. The fourth-order valence-corrected chi connectivity index (χ4v) is 2.41. The molecule has 0 fully saturated rings. The Morgan fingerprint density at radius 1 is 1.12 bits per heavy atom. The standard InChI is InChI=1S/C13H20O2S/c1-11-7-12(2)9-13(8-11)10-16-6-5-15-4-3-14/h7-9,14H,3-6,10H2,1-2H3. The first kappa shape index (κ1) is 13.6. The molecule has 16 heavy (non-hydrogen) atoms. The number of rotatable bonds is 7. The second-order valence-corrected chi connectivity index (χ2v) is 4.99. The van der Waals surface area contributed by atoms with Gasteiger partial charge in [0.05, 0.1) is 19.8 Å². The molecule has 0 amide bonds. The molecule has 0 aliphatic carbocycles. The minimum Gasteiger partial charge on any atom is -0.394 e. The average Bonchev–Trinajstić information content (AvgIpc) is 2.22. The number of aliphatic hydroxyl groups is 1. The van der Waals surface area contributed by atoms with Crippen molar-refractivity contribution < 1.29 is 9.84 Å². The first-order chi connectivity index (χ1) is 7.72. The molecule has 0 aliphatic heterocycles. The summed E-state index contributed by atoms with van der Waals surface area (Å²) in [4.78, 5) is 0. The summed E-state index contributed by atoms with van der Waals surface area (Å²) in [7, 11) is 0. The van der Waals surface area contributed by atoms with E-state index in [0.29, 0.717) is 6.61 Å². The van der Waals surface area contributed by atoms with Gasteiger partial charge in [-0.3, -0.25) is 0 Å². The molecule has 0 atom stereocenters. The summed E-state index contributed by atoms with van der Waals surface area (Å²) in [5.41, 5.74) is 4.03. The van der Waals surface area contributed by atoms with Crippen LogP contribution in [0.3, 0.4) is 0 Å². The van der Waals surface area contributed by atoms with Crippen LogP contribution >= 0.6 is 11.8 Å². The lowest BCUT2D eigenvalue weighted by atomic mass is 10.1. The lowest BCUT2D eigenvalue weighted by molar-refractivity contribution is 0.103. The van der Waals surface area contributed by atoms with E-state index in [1.54, 1.807) is 0 Å². The van der Waals surface area contributed by atoms with E-state index in [0.717, 1.165) is 18.1 Å². The van der Waals surface area contributed by atoms with Gasteiger partial charge in [-0.25, -0.2) is 0 Å². The van der Waals surface area contributed by atoms with Gasteiger partial charge >= 0.3 is 0 Å². The lowest BCUT2D eigenvalue weighted by Gasteiger charge is -2.05. The van der Waals surface area contributed by atoms with Crippen LogP contribution in [0.4, 0.5) is 0 Å². The smallest absolute Gasteiger partial charge is 0.0698 e. The summed E-state index contributed by atoms with van der Waals surface area (Å²) in [5.74, 6) is 2.01. The normalized spacial score (nSPS) is 10.7. The maximum Gasteiger partial charge on any atom is 0.0698 e. The van der Waals surface area contributed by atoms with Crippen molar-refractivity contribution in [2.45, 2.75) is 19.6 Å². The van der Waals surface area contributed by atoms with Gasteiger partial charge in [-0.05, 0) is 19.4 Å². The number of hydrogen-bond donors (Lipinski definition) is 1. The largest absolute Gasteiger partial charge is 0.394 e. The molecule has 0 aliphatic rings. The predicted molar refractivity (Wildman–Crippen MR) is 70.0 cm³/mol. The highest BCUT2D eigenvalue weighted by Crippen LogP contribution is 2.15. The van der Waals surface area contributed by atoms with Crippen molar-refractivity contribution in [2.75, 3.05) is 25.6 Å². The van der Waals surface area contributed by atoms with E-state index in [-0.39, 0.29) is 6.61 Å². The van der Waals surface area contributed by atoms with Crippen LogP contribution in [0.5, 0.6) is 0 Å². The van der Waals surface area contributed by atoms with Crippen LogP contribution in [0.25, 0.3) is 0 Å². The highest BCUT2D eigenvalue weighted by atomic mass is 32.2. The molecular weight excluding hydrogens is 220 g/mol. The van der Waals surface area contributed by atoms with E-state index in [1.165, 1.54) is 16.7 Å². The Morgan fingerprint density at radius 2 is 1.81 bits per heavy atom. The summed E-state index contributed by atoms with van der Waals surface area (Å²) in [6, 6.07) is 6.65. The third-order valence-electron chi connectivity index (χ3n) is 2.16. The summed E-state index contributed by atoms with van der Waals surface area (Å²) in [5, 5.41) is 8.53. The lowest BCUT2D eigenvalue weighted by Crippen LogP contribution is -2.02. The van der Waals surface area contributed by atoms with Gasteiger partial charge in [-0.1, -0.05) is 29.3 Å². The van der Waals surface area contributed by atoms with Crippen LogP contribution in [0.15, 0.2) is 18.2 Å². The molecule has 90 valence electrons. The van der Waals surface area contributed by atoms with E-state index in [1.807, 2.05) is 11.8 Å². The molecule has 0 saturated carbocycles. The first-order valence-corrected chi connectivity index (χ1v) is 6.71. The fourth-order valence-electron chi connectivity index (χ4n) is 1.63. The molecule has 1 rings (SSSR count). The van der Waals surface area contributed by atoms with Crippen LogP contribution in [0.1, 0.15) is 16.7 Å². The minimum absolute atomic E-state index is 0.113. The number of ether oxygens (including phenoxy) is 1. The molecule has 0 aromatic heterocycles. The third kappa shape index (κ3) is 5.54. The van der Waals surface area contributed by atoms with E-state index in [9.17, 15) is 0 Å². The monoisotopic (exact) mass is 240 g/mol. The van der Waals surface area contributed by atoms with Gasteiger partial charge in [0.25, 0.3) is 0 Å². The number of hydrogen-bond acceptors (Lipinski definition) is 3. The van der Waals surface area contributed by atoms with Crippen molar-refractivity contribution in [1.82, 2.24) is 0 Å². The Balaban J connectivity index is 2.21. The zero-order valence-electron chi connectivity index (χ0n) is 10.0. The van der Waals surface area contributed by atoms with Crippen LogP contribution in [0, 0.1) is 13.8 Å². The molecule has 1 aromatic carbocycles. The Labute approximate surface area is 102 Å². The van der Waals surface area contributed by atoms with Crippen molar-refractivity contribution in [1.29, 1.82) is 0 Å². The molecule has 0 unspecified atom stereocenters. The van der Waals surface area contributed by atoms with Gasteiger partial charge in [0, 0.05) is 11.5 Å². The van der Waals surface area contributed by atoms with Crippen LogP contribution in [0.2, 0.25) is 0 Å². The predicted octanol–water partition coefficient (Wildman–Crippen LogP) is 2.55. The molecule has 0 bridgehead atoms. The van der Waals surface area contributed by atoms with Gasteiger partial charge in [-0.15, -0.1) is 0 Å². The summed E-state index contributed by atoms with van der Waals surface area (Å²) in [6.45, 7) is 5.54. The van der Waals surface area contributed by atoms with Gasteiger partial charge in [0.1, 0.15) is 0 Å².